The summed E-state index contributed by atoms with van der Waals surface area (Å²) in [6.07, 6.45) is -0.228. The first kappa shape index (κ1) is 14.4. The monoisotopic (exact) mass is 232 g/mol. The van der Waals surface area contributed by atoms with Crippen LogP contribution in [0.3, 0.4) is 0 Å². The van der Waals surface area contributed by atoms with Gasteiger partial charge in [0.1, 0.15) is 0 Å². The molecule has 0 aromatic carbocycles. The van der Waals surface area contributed by atoms with Gasteiger partial charge in [0, 0.05) is 12.5 Å². The molecule has 0 aromatic rings. The molecule has 2 unspecified atom stereocenters. The standard InChI is InChI=1S/C9H16N2O5/c1-5(2-3-7(12)13)11-9(16)6(10)4-8(14)15/h5-6H,2-4,10H2,1H3,(H,11,16)(H,12,13)(H,14,15). The third kappa shape index (κ3) is 6.77. The van der Waals surface area contributed by atoms with Gasteiger partial charge in [0.25, 0.3) is 0 Å². The van der Waals surface area contributed by atoms with Crippen molar-refractivity contribution in [2.75, 3.05) is 0 Å². The maximum absolute atomic E-state index is 11.3. The van der Waals surface area contributed by atoms with Crippen LogP contribution in [-0.4, -0.2) is 40.1 Å². The van der Waals surface area contributed by atoms with Crippen LogP contribution in [0.5, 0.6) is 0 Å². The van der Waals surface area contributed by atoms with Crippen molar-refractivity contribution in [3.8, 4) is 0 Å². The third-order valence-electron chi connectivity index (χ3n) is 1.91. The second kappa shape index (κ2) is 6.78. The molecule has 0 aromatic heterocycles. The van der Waals surface area contributed by atoms with Crippen LogP contribution in [-0.2, 0) is 14.4 Å². The van der Waals surface area contributed by atoms with Crippen molar-refractivity contribution in [1.29, 1.82) is 0 Å². The molecule has 1 amide bonds. The van der Waals surface area contributed by atoms with Gasteiger partial charge in [0.05, 0.1) is 12.5 Å². The zero-order valence-corrected chi connectivity index (χ0v) is 8.97. The number of hydrogen-bond donors (Lipinski definition) is 4. The number of nitrogens with two attached hydrogens (primary N) is 1. The zero-order chi connectivity index (χ0) is 12.7. The summed E-state index contributed by atoms with van der Waals surface area (Å²) in [5, 5.41) is 19.3. The summed E-state index contributed by atoms with van der Waals surface area (Å²) in [5.41, 5.74) is 5.31. The molecule has 0 fully saturated rings. The summed E-state index contributed by atoms with van der Waals surface area (Å²) in [6, 6.07) is -1.45. The molecule has 0 aliphatic carbocycles. The molecule has 0 saturated heterocycles. The van der Waals surface area contributed by atoms with Gasteiger partial charge in [-0.3, -0.25) is 14.4 Å². The lowest BCUT2D eigenvalue weighted by Crippen LogP contribution is -2.45. The van der Waals surface area contributed by atoms with Crippen molar-refractivity contribution in [3.63, 3.8) is 0 Å². The molecule has 92 valence electrons. The Balaban J connectivity index is 3.93. The van der Waals surface area contributed by atoms with E-state index in [1.807, 2.05) is 0 Å². The van der Waals surface area contributed by atoms with Crippen LogP contribution in [0.4, 0.5) is 0 Å². The molecule has 0 bridgehead atoms. The molecule has 0 aliphatic heterocycles. The van der Waals surface area contributed by atoms with Crippen LogP contribution in [0.2, 0.25) is 0 Å². The largest absolute Gasteiger partial charge is 0.481 e. The van der Waals surface area contributed by atoms with E-state index in [9.17, 15) is 14.4 Å². The average molecular weight is 232 g/mol. The van der Waals surface area contributed by atoms with Crippen molar-refractivity contribution < 1.29 is 24.6 Å². The summed E-state index contributed by atoms with van der Waals surface area (Å²) in [6.45, 7) is 1.63. The lowest BCUT2D eigenvalue weighted by molar-refractivity contribution is -0.139. The number of hydrogen-bond acceptors (Lipinski definition) is 4. The molecular weight excluding hydrogens is 216 g/mol. The summed E-state index contributed by atoms with van der Waals surface area (Å²) in [5.74, 6) is -2.68. The Morgan fingerprint density at radius 1 is 1.25 bits per heavy atom. The fourth-order valence-electron chi connectivity index (χ4n) is 1.04. The molecular formula is C9H16N2O5. The smallest absolute Gasteiger partial charge is 0.305 e. The van der Waals surface area contributed by atoms with E-state index < -0.39 is 30.3 Å². The molecule has 5 N–H and O–H groups in total. The van der Waals surface area contributed by atoms with Crippen LogP contribution in [0.25, 0.3) is 0 Å². The Bertz CT molecular complexity index is 279. The Morgan fingerprint density at radius 2 is 1.81 bits per heavy atom. The van der Waals surface area contributed by atoms with Crippen molar-refractivity contribution in [2.24, 2.45) is 5.73 Å². The van der Waals surface area contributed by atoms with E-state index in [-0.39, 0.29) is 18.9 Å². The molecule has 0 heterocycles. The molecule has 7 heteroatoms. The highest BCUT2D eigenvalue weighted by molar-refractivity contribution is 5.86. The number of carboxylic acid groups (broad SMARTS) is 2. The van der Waals surface area contributed by atoms with Gasteiger partial charge in [-0.05, 0) is 13.3 Å². The van der Waals surface area contributed by atoms with Crippen LogP contribution in [0.15, 0.2) is 0 Å². The topological polar surface area (TPSA) is 130 Å². The number of carbonyl (C=O) groups is 3. The lowest BCUT2D eigenvalue weighted by atomic mass is 10.1. The quantitative estimate of drug-likeness (QED) is 0.452. The average Bonchev–Trinajstić information content (AvgIpc) is 2.13. The summed E-state index contributed by atoms with van der Waals surface area (Å²) in [7, 11) is 0. The third-order valence-corrected chi connectivity index (χ3v) is 1.91. The molecule has 0 radical (unpaired) electrons. The Morgan fingerprint density at radius 3 is 2.25 bits per heavy atom. The van der Waals surface area contributed by atoms with Gasteiger partial charge in [0.2, 0.25) is 5.91 Å². The van der Waals surface area contributed by atoms with Gasteiger partial charge < -0.3 is 21.3 Å². The van der Waals surface area contributed by atoms with Gasteiger partial charge >= 0.3 is 11.9 Å². The van der Waals surface area contributed by atoms with E-state index >= 15 is 0 Å². The Labute approximate surface area is 92.6 Å². The molecule has 0 rings (SSSR count). The minimum atomic E-state index is -1.15. The highest BCUT2D eigenvalue weighted by Gasteiger charge is 2.18. The van der Waals surface area contributed by atoms with E-state index in [2.05, 4.69) is 5.32 Å². The van der Waals surface area contributed by atoms with Crippen molar-refractivity contribution in [1.82, 2.24) is 5.32 Å². The van der Waals surface area contributed by atoms with Gasteiger partial charge in [-0.15, -0.1) is 0 Å². The maximum atomic E-state index is 11.3. The van der Waals surface area contributed by atoms with Crippen molar-refractivity contribution in [3.05, 3.63) is 0 Å². The predicted octanol–water partition coefficient (Wildman–Crippen LogP) is -0.842. The predicted molar refractivity (Wildman–Crippen MR) is 54.7 cm³/mol. The highest BCUT2D eigenvalue weighted by atomic mass is 16.4. The van der Waals surface area contributed by atoms with E-state index in [0.717, 1.165) is 0 Å². The normalized spacial score (nSPS) is 13.9. The molecule has 0 aliphatic rings. The van der Waals surface area contributed by atoms with E-state index in [0.29, 0.717) is 0 Å². The fraction of sp³-hybridized carbons (Fsp3) is 0.667. The van der Waals surface area contributed by atoms with Crippen LogP contribution in [0, 0.1) is 0 Å². The van der Waals surface area contributed by atoms with Gasteiger partial charge in [0.15, 0.2) is 0 Å². The van der Waals surface area contributed by atoms with Gasteiger partial charge in [-0.1, -0.05) is 0 Å². The first-order valence-electron chi connectivity index (χ1n) is 4.82. The Kier molecular flexibility index (Phi) is 6.09. The fourth-order valence-corrected chi connectivity index (χ4v) is 1.04. The zero-order valence-electron chi connectivity index (χ0n) is 8.97. The molecule has 7 nitrogen and oxygen atoms in total. The summed E-state index contributed by atoms with van der Waals surface area (Å²) in [4.78, 5) is 31.8. The van der Waals surface area contributed by atoms with Crippen molar-refractivity contribution in [2.45, 2.75) is 38.3 Å². The van der Waals surface area contributed by atoms with E-state index in [1.54, 1.807) is 6.92 Å². The number of aliphatic carboxylic acids is 2. The van der Waals surface area contributed by atoms with Gasteiger partial charge in [-0.2, -0.15) is 0 Å². The lowest BCUT2D eigenvalue weighted by Gasteiger charge is -2.15. The molecule has 16 heavy (non-hydrogen) atoms. The minimum Gasteiger partial charge on any atom is -0.481 e. The first-order valence-corrected chi connectivity index (χ1v) is 4.82. The maximum Gasteiger partial charge on any atom is 0.305 e. The van der Waals surface area contributed by atoms with Crippen molar-refractivity contribution >= 4 is 17.8 Å². The van der Waals surface area contributed by atoms with Gasteiger partial charge in [-0.25, -0.2) is 0 Å². The first-order chi connectivity index (χ1) is 7.32. The number of amides is 1. The number of rotatable bonds is 7. The Hall–Kier alpha value is -1.63. The number of nitrogens with one attached hydrogen (secondary N) is 1. The van der Waals surface area contributed by atoms with Crippen LogP contribution < -0.4 is 11.1 Å². The summed E-state index contributed by atoms with van der Waals surface area (Å²) >= 11 is 0. The number of carboxylic acids is 2. The molecule has 0 spiro atoms. The van der Waals surface area contributed by atoms with E-state index in [1.165, 1.54) is 0 Å². The second-order valence-electron chi connectivity index (χ2n) is 3.55. The van der Waals surface area contributed by atoms with Crippen LogP contribution in [0.1, 0.15) is 26.2 Å². The molecule has 2 atom stereocenters. The van der Waals surface area contributed by atoms with Crippen LogP contribution >= 0.6 is 0 Å². The highest BCUT2D eigenvalue weighted by Crippen LogP contribution is 1.97. The number of carbonyl (C=O) groups excluding carboxylic acids is 1. The minimum absolute atomic E-state index is 0.0599. The SMILES string of the molecule is CC(CCC(=O)O)NC(=O)C(N)CC(=O)O. The molecule has 0 saturated carbocycles. The summed E-state index contributed by atoms with van der Waals surface area (Å²) < 4.78 is 0. The van der Waals surface area contributed by atoms with E-state index in [4.69, 9.17) is 15.9 Å². The second-order valence-corrected chi connectivity index (χ2v) is 3.55.